The molecule has 30 heavy (non-hydrogen) atoms. The number of nitrogens with two attached hydrogens (primary N) is 1. The molecule has 0 atom stereocenters. The van der Waals surface area contributed by atoms with E-state index in [1.54, 1.807) is 0 Å². The van der Waals surface area contributed by atoms with E-state index in [-0.39, 0.29) is 23.5 Å². The van der Waals surface area contributed by atoms with Gasteiger partial charge in [-0.2, -0.15) is 31.8 Å². The summed E-state index contributed by atoms with van der Waals surface area (Å²) in [6.07, 6.45) is 0. The Bertz CT molecular complexity index is 1150. The van der Waals surface area contributed by atoms with Crippen LogP contribution in [0.5, 0.6) is 0 Å². The molecule has 164 valence electrons. The molecule has 1 aromatic heterocycles. The molecule has 0 spiro atoms. The Labute approximate surface area is 173 Å². The van der Waals surface area contributed by atoms with Gasteiger partial charge in [0.25, 0.3) is 20.2 Å². The zero-order valence-electron chi connectivity index (χ0n) is 15.9. The van der Waals surface area contributed by atoms with Crippen molar-refractivity contribution >= 4 is 43.8 Å². The van der Waals surface area contributed by atoms with Gasteiger partial charge < -0.3 is 20.9 Å². The van der Waals surface area contributed by atoms with Gasteiger partial charge in [-0.15, -0.1) is 0 Å². The van der Waals surface area contributed by atoms with Crippen LogP contribution in [-0.4, -0.2) is 78.5 Å². The normalized spacial score (nSPS) is 15.9. The summed E-state index contributed by atoms with van der Waals surface area (Å²) in [4.78, 5) is 15.1. The maximum atomic E-state index is 11.7. The molecule has 0 saturated carbocycles. The molecular formula is C15H21N7O6S2. The summed E-state index contributed by atoms with van der Waals surface area (Å²) >= 11 is 0. The first-order valence-electron chi connectivity index (χ1n) is 8.82. The molecule has 0 radical (unpaired) electrons. The van der Waals surface area contributed by atoms with Crippen LogP contribution < -0.4 is 16.0 Å². The molecule has 1 aliphatic heterocycles. The third-order valence-electron chi connectivity index (χ3n) is 4.52. The second kappa shape index (κ2) is 8.27. The number of nitrogens with one attached hydrogen (secondary N) is 1. The first-order valence-corrected chi connectivity index (χ1v) is 11.7. The lowest BCUT2D eigenvalue weighted by Crippen LogP contribution is -2.46. The minimum Gasteiger partial charge on any atom is -0.368 e. The van der Waals surface area contributed by atoms with Crippen LogP contribution in [0.15, 0.2) is 28.0 Å². The molecule has 1 aliphatic rings. The van der Waals surface area contributed by atoms with E-state index < -0.39 is 30.0 Å². The third-order valence-corrected chi connectivity index (χ3v) is 6.28. The largest absolute Gasteiger partial charge is 0.368 e. The third kappa shape index (κ3) is 5.11. The van der Waals surface area contributed by atoms with Crippen molar-refractivity contribution in [3.8, 4) is 0 Å². The van der Waals surface area contributed by atoms with E-state index >= 15 is 0 Å². The fraction of sp³-hybridized carbons (Fsp3) is 0.400. The van der Waals surface area contributed by atoms with Crippen molar-refractivity contribution in [2.45, 2.75) is 16.7 Å². The van der Waals surface area contributed by atoms with Crippen molar-refractivity contribution in [1.82, 2.24) is 19.9 Å². The zero-order chi connectivity index (χ0) is 22.1. The second-order valence-electron chi connectivity index (χ2n) is 6.47. The number of hydrogen-bond donors (Lipinski definition) is 4. The minimum atomic E-state index is -4.72. The van der Waals surface area contributed by atoms with Gasteiger partial charge in [0, 0.05) is 26.2 Å². The summed E-state index contributed by atoms with van der Waals surface area (Å²) in [6, 6.07) is 2.50. The number of hydrogen-bond acceptors (Lipinski definition) is 11. The van der Waals surface area contributed by atoms with Crippen molar-refractivity contribution < 1.29 is 25.9 Å². The number of nitrogen functional groups attached to an aromatic ring is 1. The molecule has 0 unspecified atom stereocenters. The lowest BCUT2D eigenvalue weighted by atomic mass is 10.3. The Morgan fingerprint density at radius 1 is 1.03 bits per heavy atom. The van der Waals surface area contributed by atoms with Crippen molar-refractivity contribution in [2.75, 3.05) is 48.7 Å². The van der Waals surface area contributed by atoms with Gasteiger partial charge in [0.05, 0.1) is 10.6 Å². The predicted molar refractivity (Wildman–Crippen MR) is 108 cm³/mol. The van der Waals surface area contributed by atoms with Crippen LogP contribution in [0, 0.1) is 0 Å². The molecule has 1 aromatic carbocycles. The van der Waals surface area contributed by atoms with Gasteiger partial charge in [-0.3, -0.25) is 9.11 Å². The maximum absolute atomic E-state index is 11.7. The zero-order valence-corrected chi connectivity index (χ0v) is 17.6. The lowest BCUT2D eigenvalue weighted by Gasteiger charge is -2.34. The molecule has 2 aromatic rings. The maximum Gasteiger partial charge on any atom is 0.296 e. The molecule has 5 N–H and O–H groups in total. The van der Waals surface area contributed by atoms with Crippen LogP contribution in [0.25, 0.3) is 0 Å². The Morgan fingerprint density at radius 3 is 2.27 bits per heavy atom. The van der Waals surface area contributed by atoms with E-state index in [9.17, 15) is 25.9 Å². The highest BCUT2D eigenvalue weighted by Gasteiger charge is 2.22. The SMILES string of the molecule is CCN1CCN(c2nc(N)nc(Nc3cc(S(=O)(=O)O)ccc3S(=O)(=O)O)n2)CC1. The highest BCUT2D eigenvalue weighted by Crippen LogP contribution is 2.27. The molecule has 13 nitrogen and oxygen atoms in total. The van der Waals surface area contributed by atoms with E-state index in [1.165, 1.54) is 0 Å². The van der Waals surface area contributed by atoms with Crippen LogP contribution in [0.1, 0.15) is 6.92 Å². The van der Waals surface area contributed by atoms with Gasteiger partial charge in [0.2, 0.25) is 17.8 Å². The molecule has 15 heteroatoms. The Balaban J connectivity index is 1.97. The van der Waals surface area contributed by atoms with E-state index in [4.69, 9.17) is 5.73 Å². The molecule has 1 fully saturated rings. The van der Waals surface area contributed by atoms with Crippen LogP contribution in [-0.2, 0) is 20.2 Å². The lowest BCUT2D eigenvalue weighted by molar-refractivity contribution is 0.270. The van der Waals surface area contributed by atoms with E-state index in [0.717, 1.165) is 37.8 Å². The van der Waals surface area contributed by atoms with Gasteiger partial charge in [-0.05, 0) is 24.7 Å². The second-order valence-corrected chi connectivity index (χ2v) is 9.28. The van der Waals surface area contributed by atoms with Gasteiger partial charge in [-0.1, -0.05) is 6.92 Å². The topological polar surface area (TPSA) is 192 Å². The number of aromatic nitrogens is 3. The Kier molecular flexibility index (Phi) is 6.09. The number of nitrogens with zero attached hydrogens (tertiary/aromatic N) is 5. The molecule has 0 amide bonds. The molecule has 0 bridgehead atoms. The smallest absolute Gasteiger partial charge is 0.296 e. The Hall–Kier alpha value is -2.59. The number of benzene rings is 1. The first kappa shape index (κ1) is 22.1. The van der Waals surface area contributed by atoms with Crippen LogP contribution in [0.4, 0.5) is 23.5 Å². The summed E-state index contributed by atoms with van der Waals surface area (Å²) in [7, 11) is -9.35. The van der Waals surface area contributed by atoms with Crippen molar-refractivity contribution in [3.63, 3.8) is 0 Å². The quantitative estimate of drug-likeness (QED) is 0.417. The van der Waals surface area contributed by atoms with Gasteiger partial charge in [0.15, 0.2) is 0 Å². The van der Waals surface area contributed by atoms with Crippen molar-refractivity contribution in [2.24, 2.45) is 0 Å². The highest BCUT2D eigenvalue weighted by molar-refractivity contribution is 7.86. The van der Waals surface area contributed by atoms with Crippen molar-refractivity contribution in [1.29, 1.82) is 0 Å². The average Bonchev–Trinajstić information content (AvgIpc) is 2.66. The molecule has 0 aliphatic carbocycles. The predicted octanol–water partition coefficient (Wildman–Crippen LogP) is -0.167. The molecule has 2 heterocycles. The number of anilines is 4. The fourth-order valence-corrected chi connectivity index (χ4v) is 4.09. The highest BCUT2D eigenvalue weighted by atomic mass is 32.2. The summed E-state index contributed by atoms with van der Waals surface area (Å²) in [5.41, 5.74) is 5.39. The minimum absolute atomic E-state index is 0.139. The average molecular weight is 460 g/mol. The van der Waals surface area contributed by atoms with Crippen LogP contribution in [0.2, 0.25) is 0 Å². The standard InChI is InChI=1S/C15H21N7O6S2/c1-2-21-5-7-22(8-6-21)15-19-13(16)18-14(20-15)17-11-9-10(29(23,24)25)3-4-12(11)30(26,27)28/h3-4,9H,2,5-8H2,1H3,(H,23,24,25)(H,26,27,28)(H3,16,17,18,19,20). The summed E-state index contributed by atoms with van der Waals surface area (Å²) in [5, 5.41) is 2.54. The molecule has 1 saturated heterocycles. The van der Waals surface area contributed by atoms with E-state index in [1.807, 2.05) is 4.90 Å². The molecule has 3 rings (SSSR count). The van der Waals surface area contributed by atoms with Gasteiger partial charge in [0.1, 0.15) is 4.90 Å². The summed E-state index contributed by atoms with van der Waals surface area (Å²) in [6.45, 7) is 5.87. The number of likely N-dealkylation sites (N-methyl/N-ethyl adjacent to an activating group) is 1. The van der Waals surface area contributed by atoms with Crippen LogP contribution >= 0.6 is 0 Å². The van der Waals surface area contributed by atoms with Gasteiger partial charge >= 0.3 is 0 Å². The van der Waals surface area contributed by atoms with E-state index in [2.05, 4.69) is 32.1 Å². The number of piperazine rings is 1. The summed E-state index contributed by atoms with van der Waals surface area (Å²) in [5.74, 6) is -0.0346. The first-order chi connectivity index (χ1) is 14.0. The summed E-state index contributed by atoms with van der Waals surface area (Å²) < 4.78 is 64.8. The number of rotatable bonds is 6. The van der Waals surface area contributed by atoms with Crippen molar-refractivity contribution in [3.05, 3.63) is 18.2 Å². The monoisotopic (exact) mass is 459 g/mol. The fourth-order valence-electron chi connectivity index (χ4n) is 2.95. The molecular weight excluding hydrogens is 438 g/mol. The van der Waals surface area contributed by atoms with Gasteiger partial charge in [-0.25, -0.2) is 0 Å². The Morgan fingerprint density at radius 2 is 1.70 bits per heavy atom. The van der Waals surface area contributed by atoms with E-state index in [0.29, 0.717) is 13.1 Å². The van der Waals surface area contributed by atoms with Crippen LogP contribution in [0.3, 0.4) is 0 Å².